The van der Waals surface area contributed by atoms with Crippen LogP contribution in [0.4, 0.5) is 4.39 Å². The summed E-state index contributed by atoms with van der Waals surface area (Å²) in [5, 5.41) is 4.62. The monoisotopic (exact) mass is 310 g/mol. The molecule has 0 aliphatic heterocycles. The Morgan fingerprint density at radius 2 is 2.20 bits per heavy atom. The van der Waals surface area contributed by atoms with E-state index in [2.05, 4.69) is 10.3 Å². The van der Waals surface area contributed by atoms with Gasteiger partial charge >= 0.3 is 0 Å². The summed E-state index contributed by atoms with van der Waals surface area (Å²) >= 11 is 7.58. The van der Waals surface area contributed by atoms with Gasteiger partial charge in [0.05, 0.1) is 5.02 Å². The summed E-state index contributed by atoms with van der Waals surface area (Å²) in [5.74, 6) is -0.235. The average Bonchev–Trinajstić information content (AvgIpc) is 2.43. The zero-order valence-electron chi connectivity index (χ0n) is 11.4. The fourth-order valence-corrected chi connectivity index (χ4v) is 3.13. The van der Waals surface area contributed by atoms with Gasteiger partial charge in [0.15, 0.2) is 0 Å². The number of hydrogen-bond acceptors (Lipinski definition) is 3. The van der Waals surface area contributed by atoms with Gasteiger partial charge in [-0.3, -0.25) is 0 Å². The van der Waals surface area contributed by atoms with Crippen molar-refractivity contribution >= 4 is 23.4 Å². The van der Waals surface area contributed by atoms with Gasteiger partial charge in [-0.25, -0.2) is 9.37 Å². The fraction of sp³-hybridized carbons (Fsp3) is 0.267. The van der Waals surface area contributed by atoms with Crippen LogP contribution in [0.25, 0.3) is 0 Å². The molecule has 1 heterocycles. The highest BCUT2D eigenvalue weighted by Crippen LogP contribution is 2.35. The molecule has 0 aliphatic carbocycles. The van der Waals surface area contributed by atoms with Gasteiger partial charge in [0.1, 0.15) is 10.8 Å². The number of nitrogens with zero attached hydrogens (tertiary/aromatic N) is 1. The minimum Gasteiger partial charge on any atom is -0.310 e. The Morgan fingerprint density at radius 1 is 1.40 bits per heavy atom. The van der Waals surface area contributed by atoms with Crippen molar-refractivity contribution in [1.82, 2.24) is 10.3 Å². The van der Waals surface area contributed by atoms with Crippen LogP contribution in [0.15, 0.2) is 46.5 Å². The number of aromatic nitrogens is 1. The predicted molar refractivity (Wildman–Crippen MR) is 81.9 cm³/mol. The van der Waals surface area contributed by atoms with Crippen LogP contribution in [0.2, 0.25) is 5.02 Å². The van der Waals surface area contributed by atoms with E-state index in [9.17, 15) is 4.39 Å². The molecule has 1 unspecified atom stereocenters. The standard InChI is InChI=1S/C15H16ClFN2S/c1-3-18-10(2)12-9-11(17)6-7-14(12)20-15-13(16)5-4-8-19-15/h4-10,18H,3H2,1-2H3. The number of halogens is 2. The lowest BCUT2D eigenvalue weighted by molar-refractivity contribution is 0.574. The molecule has 0 fully saturated rings. The van der Waals surface area contributed by atoms with Crippen molar-refractivity contribution in [2.24, 2.45) is 0 Å². The van der Waals surface area contributed by atoms with Gasteiger partial charge in [-0.15, -0.1) is 0 Å². The third-order valence-corrected chi connectivity index (χ3v) is 4.41. The van der Waals surface area contributed by atoms with E-state index in [1.165, 1.54) is 17.8 Å². The van der Waals surface area contributed by atoms with E-state index in [0.717, 1.165) is 22.0 Å². The summed E-state index contributed by atoms with van der Waals surface area (Å²) in [6.07, 6.45) is 1.70. The molecule has 1 atom stereocenters. The minimum absolute atomic E-state index is 0.0701. The lowest BCUT2D eigenvalue weighted by Crippen LogP contribution is -2.18. The summed E-state index contributed by atoms with van der Waals surface area (Å²) in [5.41, 5.74) is 0.915. The van der Waals surface area contributed by atoms with Crippen LogP contribution in [-0.4, -0.2) is 11.5 Å². The van der Waals surface area contributed by atoms with E-state index < -0.39 is 0 Å². The topological polar surface area (TPSA) is 24.9 Å². The van der Waals surface area contributed by atoms with Gasteiger partial charge in [0.2, 0.25) is 0 Å². The third-order valence-electron chi connectivity index (χ3n) is 2.88. The Kier molecular flexibility index (Phi) is 5.40. The highest BCUT2D eigenvalue weighted by Gasteiger charge is 2.13. The predicted octanol–water partition coefficient (Wildman–Crippen LogP) is 4.70. The molecule has 20 heavy (non-hydrogen) atoms. The first-order chi connectivity index (χ1) is 9.61. The van der Waals surface area contributed by atoms with Crippen LogP contribution in [0.5, 0.6) is 0 Å². The minimum atomic E-state index is -0.235. The molecule has 5 heteroatoms. The molecular weight excluding hydrogens is 295 g/mol. The molecule has 2 nitrogen and oxygen atoms in total. The average molecular weight is 311 g/mol. The van der Waals surface area contributed by atoms with E-state index in [-0.39, 0.29) is 11.9 Å². The Balaban J connectivity index is 2.34. The summed E-state index contributed by atoms with van der Waals surface area (Å²) in [6.45, 7) is 4.87. The summed E-state index contributed by atoms with van der Waals surface area (Å²) in [6, 6.07) is 8.45. The first kappa shape index (κ1) is 15.3. The molecule has 1 aromatic carbocycles. The van der Waals surface area contributed by atoms with Crippen molar-refractivity contribution in [3.8, 4) is 0 Å². The smallest absolute Gasteiger partial charge is 0.123 e. The maximum atomic E-state index is 13.5. The van der Waals surface area contributed by atoms with Crippen molar-refractivity contribution < 1.29 is 4.39 Å². The van der Waals surface area contributed by atoms with Crippen LogP contribution >= 0.6 is 23.4 Å². The SMILES string of the molecule is CCNC(C)c1cc(F)ccc1Sc1ncccc1Cl. The van der Waals surface area contributed by atoms with Crippen LogP contribution in [0, 0.1) is 5.82 Å². The number of benzene rings is 1. The number of pyridine rings is 1. The molecule has 0 saturated heterocycles. The third kappa shape index (κ3) is 3.72. The molecular formula is C15H16ClFN2S. The first-order valence-corrected chi connectivity index (χ1v) is 7.62. The second kappa shape index (κ2) is 7.07. The molecule has 0 aliphatic rings. The molecule has 106 valence electrons. The highest BCUT2D eigenvalue weighted by molar-refractivity contribution is 7.99. The Hall–Kier alpha value is -1.10. The summed E-state index contributed by atoms with van der Waals surface area (Å²) in [7, 11) is 0. The maximum absolute atomic E-state index is 13.5. The lowest BCUT2D eigenvalue weighted by Gasteiger charge is -2.17. The second-order valence-corrected chi connectivity index (χ2v) is 5.79. The first-order valence-electron chi connectivity index (χ1n) is 6.43. The van der Waals surface area contributed by atoms with Crippen LogP contribution in [0.3, 0.4) is 0 Å². The zero-order chi connectivity index (χ0) is 14.5. The zero-order valence-corrected chi connectivity index (χ0v) is 12.9. The lowest BCUT2D eigenvalue weighted by atomic mass is 10.1. The van der Waals surface area contributed by atoms with Crippen molar-refractivity contribution in [2.75, 3.05) is 6.54 Å². The van der Waals surface area contributed by atoms with E-state index in [4.69, 9.17) is 11.6 Å². The largest absolute Gasteiger partial charge is 0.310 e. The van der Waals surface area contributed by atoms with E-state index in [1.807, 2.05) is 13.8 Å². The molecule has 0 radical (unpaired) electrons. The van der Waals surface area contributed by atoms with Gasteiger partial charge < -0.3 is 5.32 Å². The normalized spacial score (nSPS) is 12.4. The van der Waals surface area contributed by atoms with Crippen LogP contribution < -0.4 is 5.32 Å². The molecule has 2 aromatic rings. The van der Waals surface area contributed by atoms with Crippen molar-refractivity contribution in [3.63, 3.8) is 0 Å². The van der Waals surface area contributed by atoms with Crippen molar-refractivity contribution in [3.05, 3.63) is 52.9 Å². The maximum Gasteiger partial charge on any atom is 0.123 e. The van der Waals surface area contributed by atoms with Gasteiger partial charge in [-0.2, -0.15) is 0 Å². The molecule has 1 N–H and O–H groups in total. The van der Waals surface area contributed by atoms with E-state index in [0.29, 0.717) is 5.02 Å². The number of rotatable bonds is 5. The molecule has 0 saturated carbocycles. The van der Waals surface area contributed by atoms with Gasteiger partial charge in [-0.1, -0.05) is 30.3 Å². The van der Waals surface area contributed by atoms with E-state index >= 15 is 0 Å². The Labute approximate surface area is 127 Å². The fourth-order valence-electron chi connectivity index (χ4n) is 1.92. The molecule has 0 amide bonds. The van der Waals surface area contributed by atoms with Crippen LogP contribution in [0.1, 0.15) is 25.5 Å². The molecule has 1 aromatic heterocycles. The number of hydrogen-bond donors (Lipinski definition) is 1. The second-order valence-electron chi connectivity index (χ2n) is 4.35. The Morgan fingerprint density at radius 3 is 2.90 bits per heavy atom. The number of nitrogens with one attached hydrogen (secondary N) is 1. The van der Waals surface area contributed by atoms with Crippen molar-refractivity contribution in [2.45, 2.75) is 29.8 Å². The Bertz CT molecular complexity index is 592. The molecule has 2 rings (SSSR count). The van der Waals surface area contributed by atoms with Gasteiger partial charge in [0, 0.05) is 17.1 Å². The quantitative estimate of drug-likeness (QED) is 0.866. The van der Waals surface area contributed by atoms with Gasteiger partial charge in [-0.05, 0) is 49.4 Å². The van der Waals surface area contributed by atoms with Gasteiger partial charge in [0.25, 0.3) is 0 Å². The summed E-state index contributed by atoms with van der Waals surface area (Å²) < 4.78 is 13.5. The highest BCUT2D eigenvalue weighted by atomic mass is 35.5. The summed E-state index contributed by atoms with van der Waals surface area (Å²) in [4.78, 5) is 5.22. The van der Waals surface area contributed by atoms with Crippen molar-refractivity contribution in [1.29, 1.82) is 0 Å². The van der Waals surface area contributed by atoms with Crippen LogP contribution in [-0.2, 0) is 0 Å². The molecule has 0 bridgehead atoms. The molecule has 0 spiro atoms. The van der Waals surface area contributed by atoms with E-state index in [1.54, 1.807) is 30.5 Å².